The summed E-state index contributed by atoms with van der Waals surface area (Å²) in [6.07, 6.45) is 0. The zero-order chi connectivity index (χ0) is 21.2. The Morgan fingerprint density at radius 1 is 1.10 bits per heavy atom. The van der Waals surface area contributed by atoms with Gasteiger partial charge in [-0.2, -0.15) is 0 Å². The number of benzene rings is 1. The maximum atomic E-state index is 12.6. The lowest BCUT2D eigenvalue weighted by atomic mass is 10.2. The molecule has 152 valence electrons. The third-order valence-electron chi connectivity index (χ3n) is 4.28. The van der Waals surface area contributed by atoms with E-state index in [1.54, 1.807) is 13.0 Å². The second-order valence-corrected chi connectivity index (χ2v) is 8.69. The Morgan fingerprint density at radius 3 is 2.45 bits per heavy atom. The zero-order valence-electron chi connectivity index (χ0n) is 15.9. The van der Waals surface area contributed by atoms with E-state index in [0.29, 0.717) is 11.3 Å². The van der Waals surface area contributed by atoms with Crippen molar-refractivity contribution in [1.82, 2.24) is 14.8 Å². The SMILES string of the molecule is COC(=O)c1sccc1S(=O)(=O)NNC(=O)c1cc(C)n(-c2ccccc2)c1C. The lowest BCUT2D eigenvalue weighted by Gasteiger charge is -2.11. The van der Waals surface area contributed by atoms with Gasteiger partial charge in [-0.3, -0.25) is 10.2 Å². The predicted octanol–water partition coefficient (Wildman–Crippen LogP) is 2.57. The number of hydrogen-bond acceptors (Lipinski definition) is 6. The minimum absolute atomic E-state index is 0.0727. The molecule has 0 fully saturated rings. The molecule has 0 aliphatic carbocycles. The normalized spacial score (nSPS) is 11.3. The van der Waals surface area contributed by atoms with E-state index in [1.807, 2.05) is 46.7 Å². The van der Waals surface area contributed by atoms with E-state index in [1.165, 1.54) is 11.4 Å². The Labute approximate surface area is 172 Å². The lowest BCUT2D eigenvalue weighted by Crippen LogP contribution is -2.42. The van der Waals surface area contributed by atoms with Gasteiger partial charge < -0.3 is 9.30 Å². The number of methoxy groups -OCH3 is 1. The fraction of sp³-hybridized carbons (Fsp3) is 0.158. The summed E-state index contributed by atoms with van der Waals surface area (Å²) in [6.45, 7) is 3.63. The van der Waals surface area contributed by atoms with E-state index in [9.17, 15) is 18.0 Å². The van der Waals surface area contributed by atoms with Crippen molar-refractivity contribution >= 4 is 33.2 Å². The Balaban J connectivity index is 1.82. The number of para-hydroxylation sites is 1. The fourth-order valence-corrected chi connectivity index (χ4v) is 5.13. The molecule has 0 spiro atoms. The van der Waals surface area contributed by atoms with E-state index in [0.717, 1.165) is 29.8 Å². The Bertz CT molecular complexity index is 1160. The van der Waals surface area contributed by atoms with Crippen LogP contribution in [0.3, 0.4) is 0 Å². The minimum atomic E-state index is -4.15. The van der Waals surface area contributed by atoms with Crippen molar-refractivity contribution in [2.75, 3.05) is 7.11 Å². The monoisotopic (exact) mass is 433 g/mol. The van der Waals surface area contributed by atoms with E-state index >= 15 is 0 Å². The zero-order valence-corrected chi connectivity index (χ0v) is 17.6. The molecule has 2 heterocycles. The van der Waals surface area contributed by atoms with E-state index in [2.05, 4.69) is 10.2 Å². The molecular weight excluding hydrogens is 414 g/mol. The number of sulfonamides is 1. The smallest absolute Gasteiger partial charge is 0.349 e. The van der Waals surface area contributed by atoms with Gasteiger partial charge >= 0.3 is 5.97 Å². The maximum Gasteiger partial charge on any atom is 0.349 e. The topological polar surface area (TPSA) is 106 Å². The van der Waals surface area contributed by atoms with E-state index < -0.39 is 21.9 Å². The molecule has 0 saturated carbocycles. The van der Waals surface area contributed by atoms with Crippen LogP contribution < -0.4 is 10.3 Å². The molecule has 8 nitrogen and oxygen atoms in total. The van der Waals surface area contributed by atoms with Crippen molar-refractivity contribution in [2.45, 2.75) is 18.7 Å². The van der Waals surface area contributed by atoms with Crippen LogP contribution in [0, 0.1) is 13.8 Å². The lowest BCUT2D eigenvalue weighted by molar-refractivity contribution is 0.0602. The number of nitrogens with one attached hydrogen (secondary N) is 2. The van der Waals surface area contributed by atoms with Gasteiger partial charge in [-0.1, -0.05) is 18.2 Å². The van der Waals surface area contributed by atoms with Gasteiger partial charge in [0.05, 0.1) is 12.7 Å². The van der Waals surface area contributed by atoms with Gasteiger partial charge in [0.25, 0.3) is 15.9 Å². The first-order valence-electron chi connectivity index (χ1n) is 8.48. The van der Waals surface area contributed by atoms with Crippen LogP contribution in [-0.2, 0) is 14.8 Å². The van der Waals surface area contributed by atoms with Crippen molar-refractivity contribution in [3.8, 4) is 5.69 Å². The van der Waals surface area contributed by atoms with Gasteiger partial charge in [0.1, 0.15) is 9.77 Å². The summed E-state index contributed by atoms with van der Waals surface area (Å²) >= 11 is 0.935. The quantitative estimate of drug-likeness (QED) is 0.459. The summed E-state index contributed by atoms with van der Waals surface area (Å²) in [5, 5.41) is 1.45. The highest BCUT2D eigenvalue weighted by Crippen LogP contribution is 2.23. The van der Waals surface area contributed by atoms with Crippen molar-refractivity contribution in [3.63, 3.8) is 0 Å². The second kappa shape index (κ2) is 8.19. The van der Waals surface area contributed by atoms with E-state index in [4.69, 9.17) is 0 Å². The number of aryl methyl sites for hydroxylation is 1. The fourth-order valence-electron chi connectivity index (χ4n) is 2.95. The van der Waals surface area contributed by atoms with Crippen LogP contribution in [0.4, 0.5) is 0 Å². The molecule has 10 heteroatoms. The summed E-state index contributed by atoms with van der Waals surface area (Å²) in [7, 11) is -2.99. The molecular formula is C19H19N3O5S2. The first kappa shape index (κ1) is 20.8. The molecule has 29 heavy (non-hydrogen) atoms. The molecule has 3 aromatic rings. The maximum absolute atomic E-state index is 12.6. The number of nitrogens with zero attached hydrogens (tertiary/aromatic N) is 1. The summed E-state index contributed by atoms with van der Waals surface area (Å²) in [5.74, 6) is -1.38. The van der Waals surface area contributed by atoms with Gasteiger partial charge in [0.2, 0.25) is 0 Å². The van der Waals surface area contributed by atoms with Crippen LogP contribution in [-0.4, -0.2) is 32.0 Å². The van der Waals surface area contributed by atoms with Crippen molar-refractivity contribution in [3.05, 3.63) is 69.7 Å². The molecule has 1 amide bonds. The molecule has 3 rings (SSSR count). The molecule has 0 bridgehead atoms. The Hall–Kier alpha value is -2.95. The third-order valence-corrected chi connectivity index (χ3v) is 6.59. The Kier molecular flexibility index (Phi) is 5.87. The largest absolute Gasteiger partial charge is 0.465 e. The number of carbonyl (C=O) groups is 2. The first-order chi connectivity index (χ1) is 13.8. The number of carbonyl (C=O) groups excluding carboxylic acids is 2. The molecule has 0 radical (unpaired) electrons. The van der Waals surface area contributed by atoms with Crippen LogP contribution in [0.5, 0.6) is 0 Å². The van der Waals surface area contributed by atoms with Crippen molar-refractivity contribution in [1.29, 1.82) is 0 Å². The molecule has 0 aliphatic rings. The average Bonchev–Trinajstić information content (AvgIpc) is 3.31. The van der Waals surface area contributed by atoms with Crippen molar-refractivity contribution in [2.24, 2.45) is 0 Å². The Morgan fingerprint density at radius 2 is 1.79 bits per heavy atom. The van der Waals surface area contributed by atoms with Gasteiger partial charge in [0.15, 0.2) is 0 Å². The number of ether oxygens (including phenoxy) is 1. The summed E-state index contributed by atoms with van der Waals surface area (Å²) in [4.78, 5) is 26.0. The minimum Gasteiger partial charge on any atom is -0.465 e. The number of aromatic nitrogens is 1. The van der Waals surface area contributed by atoms with Gasteiger partial charge in [-0.25, -0.2) is 13.2 Å². The van der Waals surface area contributed by atoms with Gasteiger partial charge in [-0.05, 0) is 43.5 Å². The number of hydrogen-bond donors (Lipinski definition) is 2. The number of hydrazine groups is 1. The molecule has 2 N–H and O–H groups in total. The summed E-state index contributed by atoms with van der Waals surface area (Å²) < 4.78 is 31.5. The number of amides is 1. The summed E-state index contributed by atoms with van der Waals surface area (Å²) in [6, 6.07) is 12.4. The standard InChI is InChI=1S/C19H19N3O5S2/c1-12-11-15(13(2)22(12)14-7-5-4-6-8-14)18(23)20-21-29(25,26)16-9-10-28-17(16)19(24)27-3/h4-11,21H,1-3H3,(H,20,23). The first-order valence-corrected chi connectivity index (χ1v) is 10.8. The number of rotatable bonds is 6. The molecule has 0 aliphatic heterocycles. The van der Waals surface area contributed by atoms with Gasteiger partial charge in [0, 0.05) is 17.1 Å². The van der Waals surface area contributed by atoms with E-state index in [-0.39, 0.29) is 9.77 Å². The van der Waals surface area contributed by atoms with Crippen LogP contribution in [0.1, 0.15) is 31.4 Å². The highest BCUT2D eigenvalue weighted by Gasteiger charge is 2.26. The molecule has 0 atom stereocenters. The van der Waals surface area contributed by atoms with Gasteiger partial charge in [-0.15, -0.1) is 16.2 Å². The highest BCUT2D eigenvalue weighted by molar-refractivity contribution is 7.89. The molecule has 0 unspecified atom stereocenters. The van der Waals surface area contributed by atoms with Crippen LogP contribution in [0.2, 0.25) is 0 Å². The predicted molar refractivity (Wildman–Crippen MR) is 109 cm³/mol. The molecule has 2 aromatic heterocycles. The second-order valence-electron chi connectivity index (χ2n) is 6.12. The van der Waals surface area contributed by atoms with Crippen LogP contribution >= 0.6 is 11.3 Å². The average molecular weight is 434 g/mol. The molecule has 1 aromatic carbocycles. The van der Waals surface area contributed by atoms with Crippen LogP contribution in [0.25, 0.3) is 5.69 Å². The van der Waals surface area contributed by atoms with Crippen LogP contribution in [0.15, 0.2) is 52.7 Å². The highest BCUT2D eigenvalue weighted by atomic mass is 32.2. The number of esters is 1. The number of thiophene rings is 1. The molecule has 0 saturated heterocycles. The van der Waals surface area contributed by atoms with Crippen molar-refractivity contribution < 1.29 is 22.7 Å². The third kappa shape index (κ3) is 4.09. The summed E-state index contributed by atoms with van der Waals surface area (Å²) in [5.41, 5.74) is 4.91.